The van der Waals surface area contributed by atoms with Crippen molar-refractivity contribution in [3.63, 3.8) is 0 Å². The number of ether oxygens (including phenoxy) is 2. The van der Waals surface area contributed by atoms with E-state index in [0.29, 0.717) is 30.3 Å². The van der Waals surface area contributed by atoms with Crippen molar-refractivity contribution in [1.29, 1.82) is 0 Å². The molecule has 11 heteroatoms. The molecule has 0 radical (unpaired) electrons. The van der Waals surface area contributed by atoms with E-state index in [0.717, 1.165) is 10.9 Å². The molecule has 0 saturated heterocycles. The van der Waals surface area contributed by atoms with Crippen LogP contribution < -0.4 is 19.5 Å². The quantitative estimate of drug-likeness (QED) is 0.224. The lowest BCUT2D eigenvalue weighted by Gasteiger charge is -2.16. The second-order valence-electron chi connectivity index (χ2n) is 7.67. The van der Waals surface area contributed by atoms with Crippen LogP contribution in [0.5, 0.6) is 11.6 Å². The second-order valence-corrected chi connectivity index (χ2v) is 9.76. The number of nitrogens with zero attached hydrogens (tertiary/aromatic N) is 1. The van der Waals surface area contributed by atoms with Gasteiger partial charge in [-0.25, -0.2) is 8.42 Å². The van der Waals surface area contributed by atoms with Crippen molar-refractivity contribution < 1.29 is 23.0 Å². The van der Waals surface area contributed by atoms with Gasteiger partial charge in [0.05, 0.1) is 39.7 Å². The van der Waals surface area contributed by atoms with E-state index < -0.39 is 16.1 Å². The van der Waals surface area contributed by atoms with E-state index in [1.807, 2.05) is 18.2 Å². The van der Waals surface area contributed by atoms with Gasteiger partial charge >= 0.3 is 0 Å². The summed E-state index contributed by atoms with van der Waals surface area (Å²) in [4.78, 5) is 0.120. The molecule has 3 aromatic carbocycles. The zero-order chi connectivity index (χ0) is 24.8. The SMILES string of the molecule is COc1n[nH]c2cc(OCCNCC(O)c3ccc(Cl)c(NS(=O)(=O)c4ccccc4)c3)ccc12. The number of methoxy groups -OCH3 is 1. The van der Waals surface area contributed by atoms with Gasteiger partial charge in [-0.05, 0) is 42.0 Å². The highest BCUT2D eigenvalue weighted by molar-refractivity contribution is 7.92. The molecule has 0 aliphatic heterocycles. The Morgan fingerprint density at radius 3 is 2.69 bits per heavy atom. The van der Waals surface area contributed by atoms with Crippen molar-refractivity contribution in [3.05, 3.63) is 77.3 Å². The Kier molecular flexibility index (Phi) is 7.76. The molecule has 4 N–H and O–H groups in total. The topological polar surface area (TPSA) is 126 Å². The average molecular weight is 517 g/mol. The van der Waals surface area contributed by atoms with Crippen LogP contribution in [0.4, 0.5) is 5.69 Å². The van der Waals surface area contributed by atoms with Gasteiger partial charge in [-0.3, -0.25) is 9.82 Å². The van der Waals surface area contributed by atoms with Gasteiger partial charge in [0.2, 0.25) is 5.88 Å². The van der Waals surface area contributed by atoms with E-state index in [2.05, 4.69) is 20.2 Å². The van der Waals surface area contributed by atoms with Crippen molar-refractivity contribution in [3.8, 4) is 11.6 Å². The van der Waals surface area contributed by atoms with Crippen molar-refractivity contribution in [2.24, 2.45) is 0 Å². The van der Waals surface area contributed by atoms with E-state index in [1.165, 1.54) is 18.2 Å². The van der Waals surface area contributed by atoms with Gasteiger partial charge in [-0.2, -0.15) is 0 Å². The Morgan fingerprint density at radius 2 is 1.91 bits per heavy atom. The Balaban J connectivity index is 1.29. The molecule has 35 heavy (non-hydrogen) atoms. The largest absolute Gasteiger partial charge is 0.492 e. The minimum atomic E-state index is -3.80. The van der Waals surface area contributed by atoms with Gasteiger partial charge in [0.15, 0.2) is 0 Å². The Morgan fingerprint density at radius 1 is 1.11 bits per heavy atom. The third-order valence-electron chi connectivity index (χ3n) is 5.25. The average Bonchev–Trinajstić information content (AvgIpc) is 3.28. The first-order valence-corrected chi connectivity index (χ1v) is 12.6. The number of fused-ring (bicyclic) bond motifs is 1. The molecule has 9 nitrogen and oxygen atoms in total. The van der Waals surface area contributed by atoms with Crippen LogP contribution in [0.15, 0.2) is 71.6 Å². The number of hydrogen-bond donors (Lipinski definition) is 4. The number of hydrogen-bond acceptors (Lipinski definition) is 7. The number of halogens is 1. The van der Waals surface area contributed by atoms with E-state index >= 15 is 0 Å². The van der Waals surface area contributed by atoms with Crippen LogP contribution in [-0.4, -0.2) is 50.5 Å². The van der Waals surface area contributed by atoms with Crippen molar-refractivity contribution in [2.45, 2.75) is 11.0 Å². The Bertz CT molecular complexity index is 1400. The fourth-order valence-corrected chi connectivity index (χ4v) is 4.76. The number of aliphatic hydroxyl groups is 1. The predicted molar refractivity (Wildman–Crippen MR) is 135 cm³/mol. The highest BCUT2D eigenvalue weighted by atomic mass is 35.5. The standard InChI is InChI=1S/C24H25ClN4O5S/c1-33-24-19-9-8-17(14-21(19)27-28-24)34-12-11-26-15-23(30)16-7-10-20(25)22(13-16)29-35(31,32)18-5-3-2-4-6-18/h2-10,13-14,23,26,29-30H,11-12,15H2,1H3,(H,27,28). The van der Waals surface area contributed by atoms with Crippen LogP contribution in [0.1, 0.15) is 11.7 Å². The molecule has 0 bridgehead atoms. The van der Waals surface area contributed by atoms with Crippen LogP contribution in [-0.2, 0) is 10.0 Å². The molecule has 1 aromatic heterocycles. The molecule has 0 amide bonds. The predicted octanol–water partition coefficient (Wildman–Crippen LogP) is 3.73. The summed E-state index contributed by atoms with van der Waals surface area (Å²) in [6, 6.07) is 18.3. The number of aromatic amines is 1. The maximum absolute atomic E-state index is 12.6. The van der Waals surface area contributed by atoms with E-state index in [-0.39, 0.29) is 22.2 Å². The molecule has 0 fully saturated rings. The summed E-state index contributed by atoms with van der Waals surface area (Å²) in [5.74, 6) is 1.21. The number of aliphatic hydroxyl groups excluding tert-OH is 1. The van der Waals surface area contributed by atoms with Crippen molar-refractivity contribution in [2.75, 3.05) is 31.5 Å². The highest BCUT2D eigenvalue weighted by Crippen LogP contribution is 2.28. The first-order valence-electron chi connectivity index (χ1n) is 10.8. The summed E-state index contributed by atoms with van der Waals surface area (Å²) < 4.78 is 38.6. The summed E-state index contributed by atoms with van der Waals surface area (Å²) in [5.41, 5.74) is 1.53. The Hall–Kier alpha value is -3.31. The second kappa shape index (κ2) is 11.0. The third kappa shape index (κ3) is 6.04. The summed E-state index contributed by atoms with van der Waals surface area (Å²) in [6.45, 7) is 1.11. The van der Waals surface area contributed by atoms with Crippen molar-refractivity contribution in [1.82, 2.24) is 15.5 Å². The zero-order valence-electron chi connectivity index (χ0n) is 18.9. The molecule has 1 heterocycles. The van der Waals surface area contributed by atoms with E-state index in [9.17, 15) is 13.5 Å². The molecule has 4 rings (SSSR count). The number of sulfonamides is 1. The molecular weight excluding hydrogens is 492 g/mol. The molecule has 0 aliphatic carbocycles. The van der Waals surface area contributed by atoms with Crippen LogP contribution in [0.2, 0.25) is 5.02 Å². The molecule has 1 atom stereocenters. The molecule has 1 unspecified atom stereocenters. The summed E-state index contributed by atoms with van der Waals surface area (Å²) in [5, 5.41) is 21.8. The summed E-state index contributed by atoms with van der Waals surface area (Å²) in [7, 11) is -2.24. The fourth-order valence-electron chi connectivity index (χ4n) is 3.45. The number of nitrogens with one attached hydrogen (secondary N) is 3. The molecule has 4 aromatic rings. The third-order valence-corrected chi connectivity index (χ3v) is 6.96. The maximum atomic E-state index is 12.6. The molecule has 0 aliphatic rings. The van der Waals surface area contributed by atoms with Crippen molar-refractivity contribution >= 4 is 38.2 Å². The minimum absolute atomic E-state index is 0.120. The number of benzene rings is 3. The van der Waals surface area contributed by atoms with Gasteiger partial charge in [0, 0.05) is 19.2 Å². The number of anilines is 1. The monoisotopic (exact) mass is 516 g/mol. The number of H-pyrrole nitrogens is 1. The van der Waals surface area contributed by atoms with Gasteiger partial charge in [0.1, 0.15) is 12.4 Å². The van der Waals surface area contributed by atoms with E-state index in [1.54, 1.807) is 37.4 Å². The lowest BCUT2D eigenvalue weighted by Crippen LogP contribution is -2.26. The first kappa shape index (κ1) is 24.8. The zero-order valence-corrected chi connectivity index (χ0v) is 20.4. The Labute approximate surface area is 208 Å². The summed E-state index contributed by atoms with van der Waals surface area (Å²) >= 11 is 6.19. The fraction of sp³-hybridized carbons (Fsp3) is 0.208. The maximum Gasteiger partial charge on any atom is 0.261 e. The minimum Gasteiger partial charge on any atom is -0.492 e. The normalized spacial score (nSPS) is 12.4. The van der Waals surface area contributed by atoms with Crippen LogP contribution >= 0.6 is 11.6 Å². The van der Waals surface area contributed by atoms with E-state index in [4.69, 9.17) is 21.1 Å². The molecule has 0 saturated carbocycles. The molecular formula is C24H25ClN4O5S. The lowest BCUT2D eigenvalue weighted by atomic mass is 10.1. The highest BCUT2D eigenvalue weighted by Gasteiger charge is 2.17. The van der Waals surface area contributed by atoms with Gasteiger partial charge in [0.25, 0.3) is 10.0 Å². The first-order chi connectivity index (χ1) is 16.9. The van der Waals surface area contributed by atoms with Gasteiger partial charge < -0.3 is 19.9 Å². The van der Waals surface area contributed by atoms with Crippen LogP contribution in [0.3, 0.4) is 0 Å². The lowest BCUT2D eigenvalue weighted by molar-refractivity contribution is 0.172. The molecule has 0 spiro atoms. The summed E-state index contributed by atoms with van der Waals surface area (Å²) in [6.07, 6.45) is -0.874. The smallest absolute Gasteiger partial charge is 0.261 e. The van der Waals surface area contributed by atoms with Gasteiger partial charge in [-0.15, -0.1) is 5.10 Å². The van der Waals surface area contributed by atoms with Gasteiger partial charge in [-0.1, -0.05) is 35.9 Å². The number of rotatable bonds is 11. The number of aromatic nitrogens is 2. The molecule has 184 valence electrons. The van der Waals surface area contributed by atoms with Crippen LogP contribution in [0, 0.1) is 0 Å². The van der Waals surface area contributed by atoms with Crippen LogP contribution in [0.25, 0.3) is 10.9 Å².